The van der Waals surface area contributed by atoms with Crippen LogP contribution in [0.4, 0.5) is 27.6 Å². The van der Waals surface area contributed by atoms with Gasteiger partial charge in [0.05, 0.1) is 12.5 Å². The van der Waals surface area contributed by atoms with Crippen LogP contribution in [0.2, 0.25) is 0 Å². The Morgan fingerprint density at radius 1 is 0.947 bits per heavy atom. The molecule has 0 bridgehead atoms. The third kappa shape index (κ3) is 2.42. The summed E-state index contributed by atoms with van der Waals surface area (Å²) in [5, 5.41) is 3.31. The summed E-state index contributed by atoms with van der Waals surface area (Å²) in [4.78, 5) is 0. The summed E-state index contributed by atoms with van der Waals surface area (Å²) in [5.74, 6) is -10.1. The van der Waals surface area contributed by atoms with E-state index in [4.69, 9.17) is 4.42 Å². The zero-order valence-electron chi connectivity index (χ0n) is 9.05. The molecule has 0 spiro atoms. The molecule has 0 fully saturated rings. The van der Waals surface area contributed by atoms with Crippen LogP contribution in [0.25, 0.3) is 0 Å². The second-order valence-electron chi connectivity index (χ2n) is 3.33. The lowest BCUT2D eigenvalue weighted by Gasteiger charge is -2.06. The number of hydrazone groups is 1. The van der Waals surface area contributed by atoms with Gasteiger partial charge in [0.1, 0.15) is 11.4 Å². The first-order valence-electron chi connectivity index (χ1n) is 4.86. The van der Waals surface area contributed by atoms with Crippen molar-refractivity contribution in [2.24, 2.45) is 5.10 Å². The van der Waals surface area contributed by atoms with Gasteiger partial charge in [-0.15, -0.1) is 0 Å². The fourth-order valence-corrected chi connectivity index (χ4v) is 1.23. The predicted molar refractivity (Wildman–Crippen MR) is 56.2 cm³/mol. The van der Waals surface area contributed by atoms with Crippen molar-refractivity contribution in [1.29, 1.82) is 0 Å². The number of nitrogens with zero attached hydrogens (tertiary/aromatic N) is 1. The van der Waals surface area contributed by atoms with Crippen molar-refractivity contribution in [3.05, 3.63) is 53.2 Å². The van der Waals surface area contributed by atoms with Crippen LogP contribution in [0.5, 0.6) is 0 Å². The van der Waals surface area contributed by atoms with Gasteiger partial charge in [0.2, 0.25) is 5.82 Å². The monoisotopic (exact) mass is 276 g/mol. The molecule has 0 unspecified atom stereocenters. The Hall–Kier alpha value is -2.38. The van der Waals surface area contributed by atoms with E-state index >= 15 is 0 Å². The van der Waals surface area contributed by atoms with E-state index in [0.29, 0.717) is 0 Å². The first kappa shape index (κ1) is 13.1. The van der Waals surface area contributed by atoms with E-state index in [9.17, 15) is 22.0 Å². The normalized spacial score (nSPS) is 11.2. The maximum Gasteiger partial charge on any atom is 0.200 e. The van der Waals surface area contributed by atoms with Gasteiger partial charge in [-0.1, -0.05) is 0 Å². The molecule has 0 saturated heterocycles. The fourth-order valence-electron chi connectivity index (χ4n) is 1.23. The molecule has 2 rings (SSSR count). The first-order chi connectivity index (χ1) is 9.02. The third-order valence-electron chi connectivity index (χ3n) is 2.12. The number of benzene rings is 1. The Morgan fingerprint density at radius 3 is 2.05 bits per heavy atom. The van der Waals surface area contributed by atoms with Crippen LogP contribution >= 0.6 is 0 Å². The zero-order valence-corrected chi connectivity index (χ0v) is 9.05. The summed E-state index contributed by atoms with van der Waals surface area (Å²) in [7, 11) is 0. The second-order valence-corrected chi connectivity index (χ2v) is 3.33. The zero-order chi connectivity index (χ0) is 14.0. The van der Waals surface area contributed by atoms with Crippen LogP contribution in [0.3, 0.4) is 0 Å². The van der Waals surface area contributed by atoms with Gasteiger partial charge in [-0.3, -0.25) is 5.43 Å². The molecule has 19 heavy (non-hydrogen) atoms. The highest BCUT2D eigenvalue weighted by molar-refractivity contribution is 5.76. The average molecular weight is 276 g/mol. The summed E-state index contributed by atoms with van der Waals surface area (Å²) < 4.78 is 69.6. The molecule has 1 aromatic heterocycles. The quantitative estimate of drug-likeness (QED) is 0.306. The molecule has 100 valence electrons. The Labute approximate surface area is 103 Å². The minimum Gasteiger partial charge on any atom is -0.463 e. The van der Waals surface area contributed by atoms with E-state index in [2.05, 4.69) is 5.10 Å². The molecule has 0 radical (unpaired) electrons. The number of hydrogen-bond donors (Lipinski definition) is 1. The number of furan rings is 1. The molecule has 1 aromatic carbocycles. The Kier molecular flexibility index (Phi) is 3.50. The number of halogens is 5. The highest BCUT2D eigenvalue weighted by Crippen LogP contribution is 2.26. The van der Waals surface area contributed by atoms with Crippen molar-refractivity contribution in [2.45, 2.75) is 0 Å². The fraction of sp³-hybridized carbons (Fsp3) is 0. The molecule has 2 aromatic rings. The Balaban J connectivity index is 2.30. The molecule has 8 heteroatoms. The van der Waals surface area contributed by atoms with Crippen LogP contribution in [0.1, 0.15) is 5.76 Å². The number of anilines is 1. The van der Waals surface area contributed by atoms with Gasteiger partial charge in [-0.25, -0.2) is 22.0 Å². The van der Waals surface area contributed by atoms with Crippen LogP contribution < -0.4 is 5.43 Å². The van der Waals surface area contributed by atoms with E-state index in [1.807, 2.05) is 0 Å². The average Bonchev–Trinajstić information content (AvgIpc) is 2.91. The maximum atomic E-state index is 13.2. The lowest BCUT2D eigenvalue weighted by atomic mass is 10.2. The molecule has 1 N–H and O–H groups in total. The molecule has 3 nitrogen and oxygen atoms in total. The highest BCUT2D eigenvalue weighted by atomic mass is 19.2. The van der Waals surface area contributed by atoms with Crippen LogP contribution in [-0.2, 0) is 0 Å². The summed E-state index contributed by atoms with van der Waals surface area (Å²) >= 11 is 0. The number of rotatable bonds is 3. The SMILES string of the molecule is Fc1c(F)c(F)c(N/N=C\c2ccco2)c(F)c1F. The molecule has 1 heterocycles. The molecule has 0 amide bonds. The van der Waals surface area contributed by atoms with Crippen LogP contribution in [-0.4, -0.2) is 6.21 Å². The van der Waals surface area contributed by atoms with Crippen molar-refractivity contribution < 1.29 is 26.4 Å². The number of hydrogen-bond acceptors (Lipinski definition) is 3. The Bertz CT molecular complexity index is 596. The van der Waals surface area contributed by atoms with Crippen LogP contribution in [0.15, 0.2) is 27.9 Å². The highest BCUT2D eigenvalue weighted by Gasteiger charge is 2.25. The maximum absolute atomic E-state index is 13.2. The summed E-state index contributed by atoms with van der Waals surface area (Å²) in [6.07, 6.45) is 2.33. The van der Waals surface area contributed by atoms with Crippen molar-refractivity contribution in [1.82, 2.24) is 0 Å². The van der Waals surface area contributed by atoms with E-state index in [1.165, 1.54) is 18.4 Å². The van der Waals surface area contributed by atoms with E-state index in [1.54, 1.807) is 5.43 Å². The predicted octanol–water partition coefficient (Wildman–Crippen LogP) is 3.42. The largest absolute Gasteiger partial charge is 0.463 e. The smallest absolute Gasteiger partial charge is 0.200 e. The topological polar surface area (TPSA) is 37.5 Å². The van der Waals surface area contributed by atoms with Gasteiger partial charge >= 0.3 is 0 Å². The van der Waals surface area contributed by atoms with E-state index < -0.39 is 34.8 Å². The standard InChI is InChI=1S/C11H5F5N2O/c12-6-7(13)9(15)11(10(16)8(6)14)18-17-4-5-2-1-3-19-5/h1-4,18H/b17-4-. The summed E-state index contributed by atoms with van der Waals surface area (Å²) in [6.45, 7) is 0. The molecular weight excluding hydrogens is 271 g/mol. The molecule has 0 saturated carbocycles. The minimum absolute atomic E-state index is 0.233. The van der Waals surface area contributed by atoms with Gasteiger partial charge in [0.15, 0.2) is 23.3 Å². The summed E-state index contributed by atoms with van der Waals surface area (Å²) in [5.41, 5.74) is 0.504. The second kappa shape index (κ2) is 5.09. The third-order valence-corrected chi connectivity index (χ3v) is 2.12. The van der Waals surface area contributed by atoms with Crippen molar-refractivity contribution in [3.63, 3.8) is 0 Å². The van der Waals surface area contributed by atoms with Crippen molar-refractivity contribution in [2.75, 3.05) is 5.43 Å². The lowest BCUT2D eigenvalue weighted by Crippen LogP contribution is -2.06. The van der Waals surface area contributed by atoms with E-state index in [0.717, 1.165) is 6.21 Å². The lowest BCUT2D eigenvalue weighted by molar-refractivity contribution is 0.381. The van der Waals surface area contributed by atoms with Crippen LogP contribution in [0, 0.1) is 29.1 Å². The molecule has 0 atom stereocenters. The molecular formula is C11H5F5N2O. The van der Waals surface area contributed by atoms with Gasteiger partial charge in [-0.2, -0.15) is 5.10 Å². The van der Waals surface area contributed by atoms with Crippen molar-refractivity contribution in [3.8, 4) is 0 Å². The molecule has 0 aliphatic carbocycles. The van der Waals surface area contributed by atoms with Gasteiger partial charge < -0.3 is 4.42 Å². The molecule has 0 aliphatic heterocycles. The first-order valence-corrected chi connectivity index (χ1v) is 4.86. The summed E-state index contributed by atoms with van der Waals surface area (Å²) in [6, 6.07) is 3.00. The van der Waals surface area contributed by atoms with Gasteiger partial charge in [0, 0.05) is 0 Å². The minimum atomic E-state index is -2.23. The Morgan fingerprint density at radius 2 is 1.53 bits per heavy atom. The van der Waals surface area contributed by atoms with Gasteiger partial charge in [-0.05, 0) is 12.1 Å². The van der Waals surface area contributed by atoms with E-state index in [-0.39, 0.29) is 5.76 Å². The number of nitrogens with one attached hydrogen (secondary N) is 1. The van der Waals surface area contributed by atoms with Crippen molar-refractivity contribution >= 4 is 11.9 Å². The van der Waals surface area contributed by atoms with Gasteiger partial charge in [0.25, 0.3) is 0 Å². The molecule has 0 aliphatic rings.